The zero-order valence-electron chi connectivity index (χ0n) is 14.5. The number of aliphatic imine (C=N–C) groups is 1. The molecule has 1 aromatic carbocycles. The Morgan fingerprint density at radius 3 is 2.85 bits per heavy atom. The monoisotopic (exact) mass is 386 g/mol. The van der Waals surface area contributed by atoms with Crippen LogP contribution in [0.1, 0.15) is 19.3 Å². The summed E-state index contributed by atoms with van der Waals surface area (Å²) >= 11 is 1.22. The van der Waals surface area contributed by atoms with Crippen molar-refractivity contribution in [3.63, 3.8) is 0 Å². The Labute approximate surface area is 159 Å². The van der Waals surface area contributed by atoms with Crippen LogP contribution in [0.5, 0.6) is 0 Å². The van der Waals surface area contributed by atoms with Gasteiger partial charge in [-0.2, -0.15) is 9.69 Å². The minimum Gasteiger partial charge on any atom is -0.861 e. The molecule has 1 fully saturated rings. The molecule has 1 saturated heterocycles. The van der Waals surface area contributed by atoms with Gasteiger partial charge in [0.05, 0.1) is 23.6 Å². The summed E-state index contributed by atoms with van der Waals surface area (Å²) in [5.74, 6) is -0.0594. The molecule has 2 aromatic heterocycles. The van der Waals surface area contributed by atoms with E-state index < -0.39 is 0 Å². The third-order valence-electron chi connectivity index (χ3n) is 4.07. The first-order valence-electron chi connectivity index (χ1n) is 8.65. The zero-order valence-corrected chi connectivity index (χ0v) is 15.3. The lowest BCUT2D eigenvalue weighted by molar-refractivity contribution is -0.759. The van der Waals surface area contributed by atoms with Gasteiger partial charge in [0.1, 0.15) is 0 Å². The number of hydrogen-bond acceptors (Lipinski definition) is 9. The molecule has 0 radical (unpaired) electrons. The lowest BCUT2D eigenvalue weighted by atomic mass is 10.2. The summed E-state index contributed by atoms with van der Waals surface area (Å²) < 4.78 is 6.73. The average molecular weight is 386 g/mol. The molecule has 10 nitrogen and oxygen atoms in total. The number of para-hydroxylation sites is 1. The third-order valence-corrected chi connectivity index (χ3v) is 4.97. The highest BCUT2D eigenvalue weighted by molar-refractivity contribution is 7.99. The van der Waals surface area contributed by atoms with Crippen LogP contribution in [0.2, 0.25) is 0 Å². The molecule has 0 unspecified atom stereocenters. The van der Waals surface area contributed by atoms with Crippen LogP contribution >= 0.6 is 11.8 Å². The van der Waals surface area contributed by atoms with Crippen LogP contribution < -0.4 is 14.9 Å². The van der Waals surface area contributed by atoms with Crippen LogP contribution in [0.15, 0.2) is 51.2 Å². The molecule has 3 aromatic rings. The van der Waals surface area contributed by atoms with Crippen molar-refractivity contribution in [2.45, 2.75) is 24.4 Å². The summed E-state index contributed by atoms with van der Waals surface area (Å²) in [7, 11) is 0. The molecule has 3 heterocycles. The van der Waals surface area contributed by atoms with E-state index in [2.05, 4.69) is 30.8 Å². The van der Waals surface area contributed by atoms with E-state index >= 15 is 0 Å². The first kappa shape index (κ1) is 17.5. The van der Waals surface area contributed by atoms with Crippen LogP contribution in [0.3, 0.4) is 0 Å². The van der Waals surface area contributed by atoms with Gasteiger partial charge in [-0.1, -0.05) is 30.0 Å². The van der Waals surface area contributed by atoms with Gasteiger partial charge < -0.3 is 5.11 Å². The van der Waals surface area contributed by atoms with Crippen molar-refractivity contribution in [3.05, 3.63) is 36.5 Å². The molecule has 27 heavy (non-hydrogen) atoms. The summed E-state index contributed by atoms with van der Waals surface area (Å²) in [4.78, 5) is 5.58. The number of thioether (sulfide) groups is 1. The van der Waals surface area contributed by atoms with Gasteiger partial charge in [0, 0.05) is 5.75 Å². The SMILES string of the molecule is [O-]/C(CSc1nnnn1-c1ccccc1)=N\c1c[n+](N2CCCCC2)no1. The number of aromatic nitrogens is 6. The van der Waals surface area contributed by atoms with Crippen molar-refractivity contribution in [1.29, 1.82) is 0 Å². The van der Waals surface area contributed by atoms with Gasteiger partial charge in [-0.15, -0.1) is 5.10 Å². The number of hydrogen-bond donors (Lipinski definition) is 0. The Hall–Kier alpha value is -2.95. The predicted molar refractivity (Wildman–Crippen MR) is 95.5 cm³/mol. The van der Waals surface area contributed by atoms with Crippen molar-refractivity contribution in [2.24, 2.45) is 4.99 Å². The highest BCUT2D eigenvalue weighted by atomic mass is 32.2. The summed E-state index contributed by atoms with van der Waals surface area (Å²) in [6.45, 7) is 1.84. The number of nitrogens with zero attached hydrogens (tertiary/aromatic N) is 8. The predicted octanol–water partition coefficient (Wildman–Crippen LogP) is 0.242. The normalized spacial score (nSPS) is 15.3. The van der Waals surface area contributed by atoms with E-state index in [1.54, 1.807) is 15.7 Å². The van der Waals surface area contributed by atoms with Crippen molar-refractivity contribution < 1.29 is 14.4 Å². The number of tetrazole rings is 1. The first-order valence-corrected chi connectivity index (χ1v) is 9.63. The highest BCUT2D eigenvalue weighted by Gasteiger charge is 2.22. The molecular formula is C16H18N8O2S. The molecule has 0 bridgehead atoms. The van der Waals surface area contributed by atoms with Gasteiger partial charge >= 0.3 is 5.88 Å². The topological polar surface area (TPSA) is 112 Å². The molecule has 11 heteroatoms. The Morgan fingerprint density at radius 1 is 1.22 bits per heavy atom. The average Bonchev–Trinajstić information content (AvgIpc) is 3.37. The molecule has 0 aliphatic carbocycles. The van der Waals surface area contributed by atoms with E-state index in [1.807, 2.05) is 30.3 Å². The summed E-state index contributed by atoms with van der Waals surface area (Å²) in [5.41, 5.74) is 0.826. The maximum atomic E-state index is 12.2. The molecule has 0 N–H and O–H groups in total. The maximum absolute atomic E-state index is 12.2. The number of rotatable bonds is 6. The quantitative estimate of drug-likeness (QED) is 0.256. The fraction of sp³-hybridized carbons (Fsp3) is 0.375. The molecule has 0 amide bonds. The zero-order chi connectivity index (χ0) is 18.5. The second-order valence-corrected chi connectivity index (χ2v) is 6.92. The summed E-state index contributed by atoms with van der Waals surface area (Å²) in [6, 6.07) is 9.48. The molecule has 0 saturated carbocycles. The van der Waals surface area contributed by atoms with Crippen molar-refractivity contribution in [2.75, 3.05) is 23.9 Å². The molecule has 140 valence electrons. The fourth-order valence-corrected chi connectivity index (χ4v) is 3.45. The summed E-state index contributed by atoms with van der Waals surface area (Å²) in [5, 5.41) is 30.3. The van der Waals surface area contributed by atoms with Crippen LogP contribution in [-0.2, 0) is 0 Å². The number of piperidine rings is 1. The molecule has 4 rings (SSSR count). The smallest absolute Gasteiger partial charge is 0.324 e. The van der Waals surface area contributed by atoms with Crippen LogP contribution in [0.4, 0.5) is 5.88 Å². The van der Waals surface area contributed by atoms with Gasteiger partial charge in [0.25, 0.3) is 6.20 Å². The maximum Gasteiger partial charge on any atom is 0.324 e. The van der Waals surface area contributed by atoms with Gasteiger partial charge in [0.15, 0.2) is 0 Å². The Kier molecular flexibility index (Phi) is 5.28. The van der Waals surface area contributed by atoms with Gasteiger partial charge in [-0.05, 0) is 47.7 Å². The van der Waals surface area contributed by atoms with Crippen molar-refractivity contribution in [1.82, 2.24) is 25.5 Å². The lowest BCUT2D eigenvalue weighted by Gasteiger charge is -2.17. The largest absolute Gasteiger partial charge is 0.861 e. The van der Waals surface area contributed by atoms with Crippen molar-refractivity contribution >= 4 is 23.5 Å². The van der Waals surface area contributed by atoms with Gasteiger partial charge in [0.2, 0.25) is 10.4 Å². The van der Waals surface area contributed by atoms with Crippen LogP contribution in [-0.4, -0.2) is 50.2 Å². The fourth-order valence-electron chi connectivity index (χ4n) is 2.78. The highest BCUT2D eigenvalue weighted by Crippen LogP contribution is 2.18. The van der Waals surface area contributed by atoms with E-state index in [-0.39, 0.29) is 17.5 Å². The minimum atomic E-state index is -0.343. The lowest BCUT2D eigenvalue weighted by Crippen LogP contribution is -2.60. The molecule has 1 aliphatic heterocycles. The minimum absolute atomic E-state index is 0.0949. The van der Waals surface area contributed by atoms with Gasteiger partial charge in [-0.3, -0.25) is 4.52 Å². The Morgan fingerprint density at radius 2 is 2.04 bits per heavy atom. The third kappa shape index (κ3) is 4.25. The Balaban J connectivity index is 1.39. The molecule has 1 aliphatic rings. The van der Waals surface area contributed by atoms with Gasteiger partial charge in [-0.25, -0.2) is 4.99 Å². The Bertz CT molecular complexity index is 904. The van der Waals surface area contributed by atoms with E-state index in [1.165, 1.54) is 18.2 Å². The molecule has 0 spiro atoms. The second kappa shape index (κ2) is 8.16. The van der Waals surface area contributed by atoms with E-state index in [0.29, 0.717) is 5.16 Å². The van der Waals surface area contributed by atoms with E-state index in [9.17, 15) is 5.11 Å². The van der Waals surface area contributed by atoms with E-state index in [4.69, 9.17) is 4.52 Å². The van der Waals surface area contributed by atoms with E-state index in [0.717, 1.165) is 31.6 Å². The standard InChI is InChI=1S/C16H18N8O2S/c25-14(17-15-11-23(21-26-15)22-9-5-2-6-10-22)12-27-16-18-19-20-24(16)13-7-3-1-4-8-13/h1,3-4,7-8,11H,2,5-6,9-10,12H2. The molecular weight excluding hydrogens is 368 g/mol. The summed E-state index contributed by atoms with van der Waals surface area (Å²) in [6.07, 6.45) is 5.10. The molecule has 0 atom stereocenters. The first-order chi connectivity index (χ1) is 13.3. The van der Waals surface area contributed by atoms with Crippen LogP contribution in [0.25, 0.3) is 5.69 Å². The van der Waals surface area contributed by atoms with Crippen LogP contribution in [0, 0.1) is 0 Å². The second-order valence-electron chi connectivity index (χ2n) is 5.98. The number of benzene rings is 1. The van der Waals surface area contributed by atoms with Crippen molar-refractivity contribution in [3.8, 4) is 5.69 Å².